The van der Waals surface area contributed by atoms with E-state index in [4.69, 9.17) is 0 Å². The molecule has 0 aliphatic rings. The van der Waals surface area contributed by atoms with Gasteiger partial charge in [0.1, 0.15) is 6.04 Å². The fraction of sp³-hybridized carbons (Fsp3) is 0.333. The van der Waals surface area contributed by atoms with E-state index in [0.717, 1.165) is 28.9 Å². The molecule has 4 heteroatoms. The molecule has 1 N–H and O–H groups in total. The molecule has 0 radical (unpaired) electrons. The van der Waals surface area contributed by atoms with E-state index in [2.05, 4.69) is 12.2 Å². The summed E-state index contributed by atoms with van der Waals surface area (Å²) in [5.74, 6) is -0.180. The predicted octanol–water partition coefficient (Wildman–Crippen LogP) is 3.23. The van der Waals surface area contributed by atoms with Crippen molar-refractivity contribution in [2.24, 2.45) is 0 Å². The second-order valence-corrected chi connectivity index (χ2v) is 5.50. The highest BCUT2D eigenvalue weighted by atomic mass is 16.2. The van der Waals surface area contributed by atoms with Gasteiger partial charge in [-0.05, 0) is 44.4 Å². The maximum Gasteiger partial charge on any atom is 0.251 e. The summed E-state index contributed by atoms with van der Waals surface area (Å²) in [5, 5.41) is 2.98. The number of para-hydroxylation sites is 1. The van der Waals surface area contributed by atoms with E-state index >= 15 is 0 Å². The van der Waals surface area contributed by atoms with Crippen molar-refractivity contribution in [3.63, 3.8) is 0 Å². The van der Waals surface area contributed by atoms with Gasteiger partial charge in [-0.25, -0.2) is 0 Å². The molecular weight excluding hydrogens is 276 g/mol. The highest BCUT2D eigenvalue weighted by Gasteiger charge is 2.19. The number of hydrogen-bond donors (Lipinski definition) is 1. The quantitative estimate of drug-likeness (QED) is 0.942. The van der Waals surface area contributed by atoms with Crippen LogP contribution < -0.4 is 10.9 Å². The molecule has 1 atom stereocenters. The van der Waals surface area contributed by atoms with Crippen LogP contribution in [0.3, 0.4) is 0 Å². The maximum atomic E-state index is 12.6. The number of nitrogens with one attached hydrogen (secondary N) is 1. The van der Waals surface area contributed by atoms with Crippen molar-refractivity contribution in [3.8, 4) is 0 Å². The SMILES string of the molecule is CCc1cccc(C)c1NC(=O)C(C)n1c(C)cccc1=O. The van der Waals surface area contributed by atoms with Crippen LogP contribution in [-0.2, 0) is 11.2 Å². The molecule has 0 saturated carbocycles. The Morgan fingerprint density at radius 1 is 1.18 bits per heavy atom. The number of carbonyl (C=O) groups excluding carboxylic acids is 1. The van der Waals surface area contributed by atoms with Gasteiger partial charge in [0.05, 0.1) is 0 Å². The van der Waals surface area contributed by atoms with Gasteiger partial charge in [0, 0.05) is 17.4 Å². The Hall–Kier alpha value is -2.36. The Bertz CT molecular complexity index is 747. The lowest BCUT2D eigenvalue weighted by Crippen LogP contribution is -2.32. The molecule has 0 aliphatic carbocycles. The smallest absolute Gasteiger partial charge is 0.251 e. The standard InChI is InChI=1S/C18H22N2O2/c1-5-15-10-6-8-12(2)17(15)19-18(22)14(4)20-13(3)9-7-11-16(20)21/h6-11,14H,5H2,1-4H3,(H,19,22). The second kappa shape index (κ2) is 6.60. The monoisotopic (exact) mass is 298 g/mol. The van der Waals surface area contributed by atoms with E-state index in [0.29, 0.717) is 0 Å². The van der Waals surface area contributed by atoms with Crippen LogP contribution >= 0.6 is 0 Å². The van der Waals surface area contributed by atoms with Crippen LogP contribution in [0.5, 0.6) is 0 Å². The van der Waals surface area contributed by atoms with Crippen LogP contribution in [0.4, 0.5) is 5.69 Å². The molecule has 1 unspecified atom stereocenters. The number of aromatic nitrogens is 1. The van der Waals surface area contributed by atoms with Crippen LogP contribution in [-0.4, -0.2) is 10.5 Å². The number of aryl methyl sites for hydroxylation is 3. The highest BCUT2D eigenvalue weighted by Crippen LogP contribution is 2.22. The van der Waals surface area contributed by atoms with Crippen molar-refractivity contribution in [1.29, 1.82) is 0 Å². The van der Waals surface area contributed by atoms with Crippen LogP contribution in [0.2, 0.25) is 0 Å². The van der Waals surface area contributed by atoms with Gasteiger partial charge in [0.25, 0.3) is 5.56 Å². The minimum atomic E-state index is -0.557. The van der Waals surface area contributed by atoms with Crippen LogP contribution in [0, 0.1) is 13.8 Å². The molecular formula is C18H22N2O2. The van der Waals surface area contributed by atoms with Crippen molar-refractivity contribution in [1.82, 2.24) is 4.57 Å². The molecule has 2 aromatic rings. The summed E-state index contributed by atoms with van der Waals surface area (Å²) in [6, 6.07) is 10.4. The largest absolute Gasteiger partial charge is 0.324 e. The molecule has 2 rings (SSSR count). The fourth-order valence-electron chi connectivity index (χ4n) is 2.65. The fourth-order valence-corrected chi connectivity index (χ4v) is 2.65. The first kappa shape index (κ1) is 16.0. The molecule has 116 valence electrons. The molecule has 22 heavy (non-hydrogen) atoms. The summed E-state index contributed by atoms with van der Waals surface area (Å²) in [5.41, 5.74) is 3.58. The van der Waals surface area contributed by atoms with Crippen LogP contribution in [0.1, 0.15) is 36.7 Å². The molecule has 0 fully saturated rings. The van der Waals surface area contributed by atoms with E-state index in [1.165, 1.54) is 10.6 Å². The molecule has 0 spiro atoms. The second-order valence-electron chi connectivity index (χ2n) is 5.50. The number of benzene rings is 1. The Morgan fingerprint density at radius 2 is 1.86 bits per heavy atom. The topological polar surface area (TPSA) is 51.1 Å². The first-order chi connectivity index (χ1) is 10.5. The number of carbonyl (C=O) groups is 1. The van der Waals surface area contributed by atoms with Gasteiger partial charge in [-0.3, -0.25) is 9.59 Å². The van der Waals surface area contributed by atoms with Gasteiger partial charge in [0.15, 0.2) is 0 Å². The summed E-state index contributed by atoms with van der Waals surface area (Å²) in [6.07, 6.45) is 0.843. The molecule has 1 amide bonds. The van der Waals surface area contributed by atoms with Gasteiger partial charge in [-0.15, -0.1) is 0 Å². The van der Waals surface area contributed by atoms with Crippen molar-refractivity contribution in [3.05, 3.63) is 63.6 Å². The van der Waals surface area contributed by atoms with E-state index < -0.39 is 6.04 Å². The molecule has 1 aromatic carbocycles. The minimum absolute atomic E-state index is 0.164. The number of rotatable bonds is 4. The van der Waals surface area contributed by atoms with E-state index in [9.17, 15) is 9.59 Å². The first-order valence-electron chi connectivity index (χ1n) is 7.53. The zero-order valence-corrected chi connectivity index (χ0v) is 13.5. The highest BCUT2D eigenvalue weighted by molar-refractivity contribution is 5.95. The zero-order chi connectivity index (χ0) is 16.3. The number of hydrogen-bond acceptors (Lipinski definition) is 2. The molecule has 1 heterocycles. The molecule has 0 aliphatic heterocycles. The van der Waals surface area contributed by atoms with Gasteiger partial charge >= 0.3 is 0 Å². The zero-order valence-electron chi connectivity index (χ0n) is 13.5. The van der Waals surface area contributed by atoms with Gasteiger partial charge in [0.2, 0.25) is 5.91 Å². The third-order valence-electron chi connectivity index (χ3n) is 3.95. The normalized spacial score (nSPS) is 12.0. The number of pyridine rings is 1. The molecule has 0 bridgehead atoms. The Balaban J connectivity index is 2.32. The lowest BCUT2D eigenvalue weighted by atomic mass is 10.1. The molecule has 4 nitrogen and oxygen atoms in total. The average Bonchev–Trinajstić information content (AvgIpc) is 2.48. The van der Waals surface area contributed by atoms with Gasteiger partial charge in [-0.2, -0.15) is 0 Å². The first-order valence-corrected chi connectivity index (χ1v) is 7.53. The van der Waals surface area contributed by atoms with Crippen molar-refractivity contribution < 1.29 is 4.79 Å². The van der Waals surface area contributed by atoms with Crippen LogP contribution in [0.15, 0.2) is 41.2 Å². The lowest BCUT2D eigenvalue weighted by molar-refractivity contribution is -0.118. The van der Waals surface area contributed by atoms with Gasteiger partial charge in [-0.1, -0.05) is 31.2 Å². The summed E-state index contributed by atoms with van der Waals surface area (Å²) >= 11 is 0. The van der Waals surface area contributed by atoms with E-state index in [-0.39, 0.29) is 11.5 Å². The Morgan fingerprint density at radius 3 is 2.50 bits per heavy atom. The predicted molar refractivity (Wildman–Crippen MR) is 89.3 cm³/mol. The average molecular weight is 298 g/mol. The van der Waals surface area contributed by atoms with E-state index in [1.54, 1.807) is 13.0 Å². The van der Waals surface area contributed by atoms with Crippen molar-refractivity contribution in [2.75, 3.05) is 5.32 Å². The van der Waals surface area contributed by atoms with Gasteiger partial charge < -0.3 is 9.88 Å². The lowest BCUT2D eigenvalue weighted by Gasteiger charge is -2.19. The number of anilines is 1. The summed E-state index contributed by atoms with van der Waals surface area (Å²) in [4.78, 5) is 24.6. The number of amides is 1. The Labute approximate surface area is 130 Å². The van der Waals surface area contributed by atoms with Crippen molar-refractivity contribution >= 4 is 11.6 Å². The minimum Gasteiger partial charge on any atom is -0.324 e. The summed E-state index contributed by atoms with van der Waals surface area (Å²) < 4.78 is 1.51. The third kappa shape index (κ3) is 3.11. The summed E-state index contributed by atoms with van der Waals surface area (Å²) in [7, 11) is 0. The van der Waals surface area contributed by atoms with Crippen molar-refractivity contribution in [2.45, 2.75) is 40.2 Å². The summed E-state index contributed by atoms with van der Waals surface area (Å²) in [6.45, 7) is 7.60. The van der Waals surface area contributed by atoms with Crippen LogP contribution in [0.25, 0.3) is 0 Å². The third-order valence-corrected chi connectivity index (χ3v) is 3.95. The number of nitrogens with zero attached hydrogens (tertiary/aromatic N) is 1. The maximum absolute atomic E-state index is 12.6. The molecule has 1 aromatic heterocycles. The van der Waals surface area contributed by atoms with E-state index in [1.807, 2.05) is 38.1 Å². The Kier molecular flexibility index (Phi) is 4.81. The molecule has 0 saturated heterocycles.